The van der Waals surface area contributed by atoms with Crippen molar-refractivity contribution in [3.05, 3.63) is 0 Å². The van der Waals surface area contributed by atoms with Crippen molar-refractivity contribution in [3.8, 4) is 0 Å². The molecule has 1 fully saturated rings. The Morgan fingerprint density at radius 2 is 1.53 bits per heavy atom. The smallest absolute Gasteiger partial charge is 0.0594 e. The molecule has 2 atom stereocenters. The van der Waals surface area contributed by atoms with Gasteiger partial charge in [-0.25, -0.2) is 0 Å². The summed E-state index contributed by atoms with van der Waals surface area (Å²) in [6, 6.07) is 1.29. The van der Waals surface area contributed by atoms with E-state index in [2.05, 4.69) is 44.8 Å². The summed E-state index contributed by atoms with van der Waals surface area (Å²) in [5.74, 6) is 1.53. The van der Waals surface area contributed by atoms with E-state index in [0.717, 1.165) is 44.7 Å². The SMILES string of the molecule is CC(C)CC(C)NCC(CC(C)C)N1CCOCC1. The summed E-state index contributed by atoms with van der Waals surface area (Å²) in [7, 11) is 0. The number of rotatable bonds is 8. The van der Waals surface area contributed by atoms with Crippen LogP contribution in [0.4, 0.5) is 0 Å². The molecule has 3 nitrogen and oxygen atoms in total. The molecular formula is C16H34N2O. The van der Waals surface area contributed by atoms with Crippen LogP contribution in [0.5, 0.6) is 0 Å². The van der Waals surface area contributed by atoms with Gasteiger partial charge >= 0.3 is 0 Å². The molecule has 1 saturated heterocycles. The summed E-state index contributed by atoms with van der Waals surface area (Å²) in [4.78, 5) is 2.61. The molecule has 0 aliphatic carbocycles. The van der Waals surface area contributed by atoms with Gasteiger partial charge in [-0.3, -0.25) is 4.90 Å². The number of ether oxygens (including phenoxy) is 1. The van der Waals surface area contributed by atoms with Gasteiger partial charge in [-0.2, -0.15) is 0 Å². The summed E-state index contributed by atoms with van der Waals surface area (Å²) in [6.07, 6.45) is 2.54. The molecule has 1 N–H and O–H groups in total. The van der Waals surface area contributed by atoms with Gasteiger partial charge in [-0.1, -0.05) is 27.7 Å². The molecule has 0 aromatic carbocycles. The standard InChI is InChI=1S/C16H34N2O/c1-13(2)10-15(5)17-12-16(11-14(3)4)18-6-8-19-9-7-18/h13-17H,6-12H2,1-5H3. The highest BCUT2D eigenvalue weighted by atomic mass is 16.5. The van der Waals surface area contributed by atoms with Gasteiger partial charge in [0.15, 0.2) is 0 Å². The van der Waals surface area contributed by atoms with Gasteiger partial charge in [0.2, 0.25) is 0 Å². The minimum atomic E-state index is 0.621. The molecule has 19 heavy (non-hydrogen) atoms. The first-order chi connectivity index (χ1) is 8.99. The number of morpholine rings is 1. The summed E-state index contributed by atoms with van der Waals surface area (Å²) in [6.45, 7) is 16.7. The van der Waals surface area contributed by atoms with Crippen molar-refractivity contribution in [1.29, 1.82) is 0 Å². The monoisotopic (exact) mass is 270 g/mol. The first-order valence-corrected chi connectivity index (χ1v) is 8.04. The predicted molar refractivity (Wildman–Crippen MR) is 82.6 cm³/mol. The van der Waals surface area contributed by atoms with Crippen LogP contribution >= 0.6 is 0 Å². The van der Waals surface area contributed by atoms with E-state index in [9.17, 15) is 0 Å². The van der Waals surface area contributed by atoms with Gasteiger partial charge < -0.3 is 10.1 Å². The molecule has 0 radical (unpaired) electrons. The van der Waals surface area contributed by atoms with Crippen molar-refractivity contribution in [2.45, 2.75) is 59.5 Å². The van der Waals surface area contributed by atoms with Crippen LogP contribution in [0.3, 0.4) is 0 Å². The van der Waals surface area contributed by atoms with E-state index in [1.165, 1.54) is 12.8 Å². The topological polar surface area (TPSA) is 24.5 Å². The molecule has 3 heteroatoms. The van der Waals surface area contributed by atoms with E-state index < -0.39 is 0 Å². The van der Waals surface area contributed by atoms with Crippen molar-refractivity contribution in [1.82, 2.24) is 10.2 Å². The van der Waals surface area contributed by atoms with E-state index in [1.807, 2.05) is 0 Å². The number of nitrogens with one attached hydrogen (secondary N) is 1. The number of hydrogen-bond donors (Lipinski definition) is 1. The molecule has 1 heterocycles. The van der Waals surface area contributed by atoms with E-state index in [0.29, 0.717) is 12.1 Å². The van der Waals surface area contributed by atoms with Crippen LogP contribution in [-0.4, -0.2) is 49.8 Å². The molecule has 2 unspecified atom stereocenters. The Labute approximate surface area is 120 Å². The van der Waals surface area contributed by atoms with E-state index in [4.69, 9.17) is 4.74 Å². The molecule has 0 aromatic heterocycles. The Morgan fingerprint density at radius 3 is 2.05 bits per heavy atom. The minimum Gasteiger partial charge on any atom is -0.379 e. The molecular weight excluding hydrogens is 236 g/mol. The number of hydrogen-bond acceptors (Lipinski definition) is 3. The van der Waals surface area contributed by atoms with Crippen LogP contribution in [0.25, 0.3) is 0 Å². The van der Waals surface area contributed by atoms with Crippen molar-refractivity contribution in [2.75, 3.05) is 32.8 Å². The van der Waals surface area contributed by atoms with Crippen molar-refractivity contribution >= 4 is 0 Å². The maximum atomic E-state index is 5.47. The average Bonchev–Trinajstić information content (AvgIpc) is 2.34. The van der Waals surface area contributed by atoms with Crippen LogP contribution < -0.4 is 5.32 Å². The summed E-state index contributed by atoms with van der Waals surface area (Å²) in [5, 5.41) is 3.73. The van der Waals surface area contributed by atoms with Gasteiger partial charge in [0.1, 0.15) is 0 Å². The molecule has 0 bridgehead atoms. The second-order valence-corrected chi connectivity index (χ2v) is 6.87. The Morgan fingerprint density at radius 1 is 0.947 bits per heavy atom. The average molecular weight is 270 g/mol. The third-order valence-electron chi connectivity index (χ3n) is 3.83. The fraction of sp³-hybridized carbons (Fsp3) is 1.00. The Kier molecular flexibility index (Phi) is 7.96. The highest BCUT2D eigenvalue weighted by molar-refractivity contribution is 4.79. The van der Waals surface area contributed by atoms with Gasteiger partial charge in [0.05, 0.1) is 13.2 Å². The normalized spacial score (nSPS) is 21.0. The van der Waals surface area contributed by atoms with Crippen LogP contribution in [-0.2, 0) is 4.74 Å². The van der Waals surface area contributed by atoms with Gasteiger partial charge in [-0.05, 0) is 31.6 Å². The summed E-state index contributed by atoms with van der Waals surface area (Å²) >= 11 is 0. The van der Waals surface area contributed by atoms with Crippen LogP contribution in [0.15, 0.2) is 0 Å². The van der Waals surface area contributed by atoms with Crippen molar-refractivity contribution in [3.63, 3.8) is 0 Å². The molecule has 0 spiro atoms. The summed E-state index contributed by atoms with van der Waals surface area (Å²) in [5.41, 5.74) is 0. The predicted octanol–water partition coefficient (Wildman–Crippen LogP) is 2.76. The molecule has 114 valence electrons. The van der Waals surface area contributed by atoms with Crippen molar-refractivity contribution in [2.24, 2.45) is 11.8 Å². The van der Waals surface area contributed by atoms with Crippen LogP contribution in [0, 0.1) is 11.8 Å². The Balaban J connectivity index is 2.40. The molecule has 1 aliphatic rings. The lowest BCUT2D eigenvalue weighted by molar-refractivity contribution is 0.0118. The Bertz CT molecular complexity index is 225. The van der Waals surface area contributed by atoms with Gasteiger partial charge in [0.25, 0.3) is 0 Å². The molecule has 0 saturated carbocycles. The molecule has 1 aliphatic heterocycles. The van der Waals surface area contributed by atoms with Crippen molar-refractivity contribution < 1.29 is 4.74 Å². The maximum Gasteiger partial charge on any atom is 0.0594 e. The highest BCUT2D eigenvalue weighted by Crippen LogP contribution is 2.13. The van der Waals surface area contributed by atoms with E-state index in [1.54, 1.807) is 0 Å². The first-order valence-electron chi connectivity index (χ1n) is 8.04. The Hall–Kier alpha value is -0.120. The highest BCUT2D eigenvalue weighted by Gasteiger charge is 2.22. The maximum absolute atomic E-state index is 5.47. The lowest BCUT2D eigenvalue weighted by Crippen LogP contribution is -2.49. The zero-order valence-electron chi connectivity index (χ0n) is 13.6. The molecule has 1 rings (SSSR count). The zero-order chi connectivity index (χ0) is 14.3. The lowest BCUT2D eigenvalue weighted by atomic mass is 10.0. The fourth-order valence-electron chi connectivity index (χ4n) is 2.98. The minimum absolute atomic E-state index is 0.621. The molecule has 0 amide bonds. The van der Waals surface area contributed by atoms with Gasteiger partial charge in [-0.15, -0.1) is 0 Å². The second kappa shape index (κ2) is 8.93. The summed E-state index contributed by atoms with van der Waals surface area (Å²) < 4.78 is 5.47. The van der Waals surface area contributed by atoms with E-state index in [-0.39, 0.29) is 0 Å². The fourth-order valence-corrected chi connectivity index (χ4v) is 2.98. The number of nitrogens with zero attached hydrogens (tertiary/aromatic N) is 1. The largest absolute Gasteiger partial charge is 0.379 e. The quantitative estimate of drug-likeness (QED) is 0.734. The van der Waals surface area contributed by atoms with E-state index >= 15 is 0 Å². The van der Waals surface area contributed by atoms with Crippen LogP contribution in [0.1, 0.15) is 47.5 Å². The van der Waals surface area contributed by atoms with Crippen LogP contribution in [0.2, 0.25) is 0 Å². The zero-order valence-corrected chi connectivity index (χ0v) is 13.6. The second-order valence-electron chi connectivity index (χ2n) is 6.87. The van der Waals surface area contributed by atoms with Gasteiger partial charge in [0, 0.05) is 31.7 Å². The third kappa shape index (κ3) is 7.28. The first kappa shape index (κ1) is 16.9. The molecule has 0 aromatic rings. The third-order valence-corrected chi connectivity index (χ3v) is 3.83. The lowest BCUT2D eigenvalue weighted by Gasteiger charge is -2.36.